The highest BCUT2D eigenvalue weighted by Crippen LogP contribution is 2.33. The first-order valence-electron chi connectivity index (χ1n) is 5.81. The highest BCUT2D eigenvalue weighted by atomic mass is 79.9. The van der Waals surface area contributed by atoms with E-state index in [9.17, 15) is 0 Å². The Bertz CT molecular complexity index is 743. The zero-order valence-corrected chi connectivity index (χ0v) is 11.6. The molecule has 0 unspecified atom stereocenters. The van der Waals surface area contributed by atoms with Gasteiger partial charge in [0.25, 0.3) is 0 Å². The molecule has 19 heavy (non-hydrogen) atoms. The van der Waals surface area contributed by atoms with E-state index in [0.717, 1.165) is 15.2 Å². The van der Waals surface area contributed by atoms with Crippen molar-refractivity contribution in [1.29, 1.82) is 0 Å². The van der Waals surface area contributed by atoms with E-state index in [2.05, 4.69) is 20.9 Å². The van der Waals surface area contributed by atoms with Gasteiger partial charge in [-0.2, -0.15) is 0 Å². The number of pyridine rings is 1. The van der Waals surface area contributed by atoms with Crippen LogP contribution in [0.15, 0.2) is 59.2 Å². The van der Waals surface area contributed by atoms with Crippen LogP contribution >= 0.6 is 15.9 Å². The lowest BCUT2D eigenvalue weighted by atomic mass is 10.2. The van der Waals surface area contributed by atoms with Crippen LogP contribution in [0, 0.1) is 0 Å². The molecule has 0 aliphatic carbocycles. The van der Waals surface area contributed by atoms with E-state index >= 15 is 0 Å². The second-order valence-electron chi connectivity index (χ2n) is 4.09. The summed E-state index contributed by atoms with van der Waals surface area (Å²) in [6.45, 7) is 0. The number of halogens is 1. The van der Waals surface area contributed by atoms with Gasteiger partial charge in [0.05, 0.1) is 5.69 Å². The molecule has 0 aliphatic heterocycles. The first-order valence-corrected chi connectivity index (χ1v) is 6.60. The summed E-state index contributed by atoms with van der Waals surface area (Å²) in [5.74, 6) is 1.17. The summed E-state index contributed by atoms with van der Waals surface area (Å²) in [6, 6.07) is 15.2. The molecule has 0 saturated carbocycles. The Morgan fingerprint density at radius 2 is 1.79 bits per heavy atom. The number of rotatable bonds is 2. The van der Waals surface area contributed by atoms with Crippen molar-refractivity contribution in [2.45, 2.75) is 0 Å². The number of aromatic nitrogens is 1. The smallest absolute Gasteiger partial charge is 0.227 e. The van der Waals surface area contributed by atoms with Gasteiger partial charge in [0.2, 0.25) is 5.88 Å². The summed E-state index contributed by atoms with van der Waals surface area (Å²) in [5.41, 5.74) is 6.47. The number of ether oxygens (including phenoxy) is 1. The van der Waals surface area contributed by atoms with Crippen LogP contribution in [0.5, 0.6) is 11.6 Å². The van der Waals surface area contributed by atoms with Crippen molar-refractivity contribution in [3.8, 4) is 11.6 Å². The first-order chi connectivity index (χ1) is 9.25. The van der Waals surface area contributed by atoms with Crippen molar-refractivity contribution in [1.82, 2.24) is 4.98 Å². The van der Waals surface area contributed by atoms with Crippen LogP contribution in [-0.2, 0) is 0 Å². The molecular weight excluding hydrogens is 304 g/mol. The maximum Gasteiger partial charge on any atom is 0.227 e. The minimum absolute atomic E-state index is 0.553. The Morgan fingerprint density at radius 1 is 0.947 bits per heavy atom. The first kappa shape index (κ1) is 12.0. The predicted molar refractivity (Wildman–Crippen MR) is 80.4 cm³/mol. The molecule has 2 N–H and O–H groups in total. The van der Waals surface area contributed by atoms with Gasteiger partial charge >= 0.3 is 0 Å². The molecule has 0 bridgehead atoms. The standard InChI is InChI=1S/C15H11BrN2O/c16-12-5-3-4-11-10(12)8-9-18-15(11)19-14-7-2-1-6-13(14)17/h1-9H,17H2. The molecule has 3 rings (SSSR count). The number of nitrogen functional groups attached to an aromatic ring is 1. The third-order valence-electron chi connectivity index (χ3n) is 2.84. The van der Waals surface area contributed by atoms with Gasteiger partial charge in [0.15, 0.2) is 5.75 Å². The van der Waals surface area contributed by atoms with Gasteiger partial charge < -0.3 is 10.5 Å². The predicted octanol–water partition coefficient (Wildman–Crippen LogP) is 4.37. The Labute approximate surface area is 119 Å². The van der Waals surface area contributed by atoms with Crippen LogP contribution in [0.1, 0.15) is 0 Å². The number of nitrogens with two attached hydrogens (primary N) is 1. The number of benzene rings is 2. The third-order valence-corrected chi connectivity index (χ3v) is 3.53. The van der Waals surface area contributed by atoms with E-state index in [1.54, 1.807) is 12.3 Å². The average Bonchev–Trinajstić information content (AvgIpc) is 2.42. The molecule has 1 aromatic heterocycles. The fraction of sp³-hybridized carbons (Fsp3) is 0. The van der Waals surface area contributed by atoms with Crippen molar-refractivity contribution >= 4 is 32.4 Å². The lowest BCUT2D eigenvalue weighted by Crippen LogP contribution is -1.94. The van der Waals surface area contributed by atoms with Gasteiger partial charge in [0.1, 0.15) is 0 Å². The van der Waals surface area contributed by atoms with Gasteiger partial charge in [0, 0.05) is 21.4 Å². The Hall–Kier alpha value is -2.07. The van der Waals surface area contributed by atoms with Crippen molar-refractivity contribution < 1.29 is 4.74 Å². The Morgan fingerprint density at radius 3 is 2.63 bits per heavy atom. The fourth-order valence-corrected chi connectivity index (χ4v) is 2.40. The normalized spacial score (nSPS) is 10.6. The molecule has 3 aromatic rings. The minimum Gasteiger partial charge on any atom is -0.436 e. The van der Waals surface area contributed by atoms with E-state index < -0.39 is 0 Å². The minimum atomic E-state index is 0.553. The molecule has 0 fully saturated rings. The van der Waals surface area contributed by atoms with Crippen LogP contribution in [0.2, 0.25) is 0 Å². The molecule has 4 heteroatoms. The zero-order chi connectivity index (χ0) is 13.2. The molecular formula is C15H11BrN2O. The molecule has 0 atom stereocenters. The van der Waals surface area contributed by atoms with E-state index in [1.165, 1.54) is 0 Å². The summed E-state index contributed by atoms with van der Waals surface area (Å²) in [6.07, 6.45) is 1.72. The molecule has 2 aromatic carbocycles. The van der Waals surface area contributed by atoms with E-state index in [4.69, 9.17) is 10.5 Å². The van der Waals surface area contributed by atoms with Crippen molar-refractivity contribution in [2.75, 3.05) is 5.73 Å². The summed E-state index contributed by atoms with van der Waals surface area (Å²) in [5, 5.41) is 2.00. The van der Waals surface area contributed by atoms with Crippen LogP contribution in [0.4, 0.5) is 5.69 Å². The molecule has 3 nitrogen and oxygen atoms in total. The Balaban J connectivity index is 2.12. The van der Waals surface area contributed by atoms with Crippen molar-refractivity contribution in [3.63, 3.8) is 0 Å². The summed E-state index contributed by atoms with van der Waals surface area (Å²) in [4.78, 5) is 4.29. The second-order valence-corrected chi connectivity index (χ2v) is 4.95. The highest BCUT2D eigenvalue weighted by Gasteiger charge is 2.08. The van der Waals surface area contributed by atoms with Crippen LogP contribution in [-0.4, -0.2) is 4.98 Å². The van der Waals surface area contributed by atoms with E-state index in [1.807, 2.05) is 42.5 Å². The van der Waals surface area contributed by atoms with Crippen LogP contribution in [0.25, 0.3) is 10.8 Å². The lowest BCUT2D eigenvalue weighted by molar-refractivity contribution is 0.471. The van der Waals surface area contributed by atoms with Crippen molar-refractivity contribution in [2.24, 2.45) is 0 Å². The van der Waals surface area contributed by atoms with Gasteiger partial charge in [-0.1, -0.05) is 34.1 Å². The van der Waals surface area contributed by atoms with Gasteiger partial charge in [-0.15, -0.1) is 0 Å². The van der Waals surface area contributed by atoms with Gasteiger partial charge in [-0.05, 0) is 30.3 Å². The SMILES string of the molecule is Nc1ccccc1Oc1nccc2c(Br)cccc12. The monoisotopic (exact) mass is 314 g/mol. The van der Waals surface area contributed by atoms with Gasteiger partial charge in [-0.3, -0.25) is 0 Å². The van der Waals surface area contributed by atoms with Crippen molar-refractivity contribution in [3.05, 3.63) is 59.2 Å². The van der Waals surface area contributed by atoms with Crippen LogP contribution in [0.3, 0.4) is 0 Å². The number of hydrogen-bond donors (Lipinski definition) is 1. The molecule has 1 heterocycles. The number of hydrogen-bond acceptors (Lipinski definition) is 3. The second kappa shape index (κ2) is 4.90. The number of fused-ring (bicyclic) bond motifs is 1. The molecule has 94 valence electrons. The fourth-order valence-electron chi connectivity index (χ4n) is 1.90. The quantitative estimate of drug-likeness (QED) is 0.714. The third kappa shape index (κ3) is 2.27. The average molecular weight is 315 g/mol. The molecule has 0 aliphatic rings. The highest BCUT2D eigenvalue weighted by molar-refractivity contribution is 9.10. The lowest BCUT2D eigenvalue weighted by Gasteiger charge is -2.10. The summed E-state index contributed by atoms with van der Waals surface area (Å²) < 4.78 is 6.83. The Kier molecular flexibility index (Phi) is 3.09. The molecule has 0 saturated heterocycles. The maximum atomic E-state index is 5.88. The van der Waals surface area contributed by atoms with E-state index in [0.29, 0.717) is 17.3 Å². The molecule has 0 spiro atoms. The van der Waals surface area contributed by atoms with E-state index in [-0.39, 0.29) is 0 Å². The molecule has 0 radical (unpaired) electrons. The zero-order valence-electron chi connectivity index (χ0n) is 10.0. The number of nitrogens with zero attached hydrogens (tertiary/aromatic N) is 1. The topological polar surface area (TPSA) is 48.1 Å². The molecule has 0 amide bonds. The summed E-state index contributed by atoms with van der Waals surface area (Å²) in [7, 11) is 0. The largest absolute Gasteiger partial charge is 0.436 e. The van der Waals surface area contributed by atoms with Crippen LogP contribution < -0.4 is 10.5 Å². The number of para-hydroxylation sites is 2. The van der Waals surface area contributed by atoms with Gasteiger partial charge in [-0.25, -0.2) is 4.98 Å². The number of anilines is 1. The maximum absolute atomic E-state index is 5.88. The summed E-state index contributed by atoms with van der Waals surface area (Å²) >= 11 is 3.52.